The molecule has 7 nitrogen and oxygen atoms in total. The summed E-state index contributed by atoms with van der Waals surface area (Å²) in [6, 6.07) is 10.8. The van der Waals surface area contributed by atoms with Gasteiger partial charge in [-0.25, -0.2) is 9.29 Å². The van der Waals surface area contributed by atoms with Gasteiger partial charge in [-0.1, -0.05) is 12.1 Å². The van der Waals surface area contributed by atoms with E-state index >= 15 is 0 Å². The number of fused-ring (bicyclic) bond motifs is 1. The second kappa shape index (κ2) is 8.55. The molecule has 0 spiro atoms. The molecular weight excluding hydrogens is 435 g/mol. The Labute approximate surface area is 188 Å². The summed E-state index contributed by atoms with van der Waals surface area (Å²) in [5, 5.41) is 13.0. The molecule has 2 aliphatic rings. The Kier molecular flexibility index (Phi) is 5.96. The highest BCUT2D eigenvalue weighted by Crippen LogP contribution is 2.51. The molecule has 0 unspecified atom stereocenters. The monoisotopic (exact) mass is 458 g/mol. The third-order valence-corrected chi connectivity index (χ3v) is 6.85. The number of nitrogens with zero attached hydrogens (tertiary/aromatic N) is 1. The summed E-state index contributed by atoms with van der Waals surface area (Å²) in [5.41, 5.74) is -0.481. The van der Waals surface area contributed by atoms with E-state index in [1.54, 1.807) is 12.1 Å². The number of methoxy groups -OCH3 is 1. The fourth-order valence-corrected chi connectivity index (χ4v) is 5.31. The van der Waals surface area contributed by atoms with E-state index in [0.29, 0.717) is 11.3 Å². The smallest absolute Gasteiger partial charge is 0.326 e. The molecule has 2 amide bonds. The second-order valence-corrected chi connectivity index (χ2v) is 8.90. The number of carbonyl (C=O) groups excluding carboxylic acids is 3. The number of imide groups is 1. The number of aromatic hydroxyl groups is 1. The Hall–Kier alpha value is -2.91. The Morgan fingerprint density at radius 2 is 1.81 bits per heavy atom. The first-order valence-corrected chi connectivity index (χ1v) is 11.5. The highest BCUT2D eigenvalue weighted by atomic mass is 32.2. The van der Waals surface area contributed by atoms with E-state index < -0.39 is 47.0 Å². The zero-order valence-corrected chi connectivity index (χ0v) is 18.4. The van der Waals surface area contributed by atoms with Crippen molar-refractivity contribution < 1.29 is 28.6 Å². The fourth-order valence-electron chi connectivity index (χ4n) is 4.78. The quantitative estimate of drug-likeness (QED) is 0.508. The van der Waals surface area contributed by atoms with Crippen LogP contribution in [0, 0.1) is 17.7 Å². The first-order valence-electron chi connectivity index (χ1n) is 10.1. The molecule has 0 saturated carbocycles. The van der Waals surface area contributed by atoms with Crippen molar-refractivity contribution in [2.75, 3.05) is 24.0 Å². The summed E-state index contributed by atoms with van der Waals surface area (Å²) in [6.07, 6.45) is 2.17. The highest BCUT2D eigenvalue weighted by molar-refractivity contribution is 7.98. The lowest BCUT2D eigenvalue weighted by Gasteiger charge is -2.32. The maximum absolute atomic E-state index is 13.6. The minimum Gasteiger partial charge on any atom is -0.508 e. The van der Waals surface area contributed by atoms with Gasteiger partial charge in [0.15, 0.2) is 0 Å². The normalized spacial score (nSPS) is 27.0. The molecule has 0 aliphatic carbocycles. The Morgan fingerprint density at radius 3 is 2.41 bits per heavy atom. The number of halogens is 1. The number of rotatable bonds is 6. The Balaban J connectivity index is 1.85. The number of ether oxygens (including phenoxy) is 1. The predicted octanol–water partition coefficient (Wildman–Crippen LogP) is 2.65. The number of nitrogens with one attached hydrogen (secondary N) is 1. The van der Waals surface area contributed by atoms with Crippen LogP contribution >= 0.6 is 11.8 Å². The lowest BCUT2D eigenvalue weighted by atomic mass is 9.78. The number of phenolic OH excluding ortho intramolecular Hbond substituents is 1. The molecule has 2 aromatic rings. The third kappa shape index (κ3) is 3.45. The summed E-state index contributed by atoms with van der Waals surface area (Å²) in [5.74, 6) is -3.31. The number of anilines is 1. The average molecular weight is 459 g/mol. The highest BCUT2D eigenvalue weighted by Gasteiger charge is 2.68. The molecule has 32 heavy (non-hydrogen) atoms. The Bertz CT molecular complexity index is 1050. The van der Waals surface area contributed by atoms with Crippen LogP contribution in [-0.4, -0.2) is 47.5 Å². The number of benzene rings is 2. The van der Waals surface area contributed by atoms with Crippen molar-refractivity contribution in [3.05, 3.63) is 59.9 Å². The van der Waals surface area contributed by atoms with Gasteiger partial charge in [0.1, 0.15) is 17.1 Å². The second-order valence-electron chi connectivity index (χ2n) is 7.91. The van der Waals surface area contributed by atoms with Crippen LogP contribution in [0.3, 0.4) is 0 Å². The molecule has 4 rings (SSSR count). The molecule has 0 radical (unpaired) electrons. The van der Waals surface area contributed by atoms with Crippen LogP contribution in [0.4, 0.5) is 10.1 Å². The minimum absolute atomic E-state index is 0.0617. The molecule has 2 N–H and O–H groups in total. The zero-order chi connectivity index (χ0) is 23.0. The molecule has 0 bridgehead atoms. The molecule has 2 heterocycles. The standard InChI is InChI=1S/C23H23FN2O5S/c1-31-22(30)23(11-12-32-2)18-17(19(25-23)13-3-9-16(27)10-4-13)20(28)26(21(18)29)15-7-5-14(24)6-8-15/h3-10,17-19,25,27H,11-12H2,1-2H3/t17-,18+,19+,23+/m0/s1. The van der Waals surface area contributed by atoms with E-state index in [9.17, 15) is 23.9 Å². The zero-order valence-electron chi connectivity index (χ0n) is 17.6. The molecular formula is C23H23FN2O5S. The third-order valence-electron chi connectivity index (χ3n) is 6.24. The van der Waals surface area contributed by atoms with E-state index in [-0.39, 0.29) is 17.9 Å². The minimum atomic E-state index is -1.40. The maximum Gasteiger partial charge on any atom is 0.326 e. The number of phenols is 1. The van der Waals surface area contributed by atoms with Crippen LogP contribution < -0.4 is 10.2 Å². The van der Waals surface area contributed by atoms with E-state index in [1.807, 2.05) is 6.26 Å². The number of esters is 1. The molecule has 2 fully saturated rings. The van der Waals surface area contributed by atoms with E-state index in [0.717, 1.165) is 4.90 Å². The molecule has 4 atom stereocenters. The molecule has 168 valence electrons. The van der Waals surface area contributed by atoms with Crippen LogP contribution in [0.25, 0.3) is 0 Å². The SMILES string of the molecule is COC(=O)[C@]1(CCSC)N[C@H](c2ccc(O)cc2)[C@H]2C(=O)N(c3ccc(F)cc3)C(=O)[C@@H]21. The van der Waals surface area contributed by atoms with Crippen molar-refractivity contribution in [2.24, 2.45) is 11.8 Å². The van der Waals surface area contributed by atoms with Crippen LogP contribution in [-0.2, 0) is 19.1 Å². The van der Waals surface area contributed by atoms with Gasteiger partial charge in [0, 0.05) is 6.04 Å². The number of carbonyl (C=O) groups is 3. The van der Waals surface area contributed by atoms with Gasteiger partial charge in [-0.3, -0.25) is 19.7 Å². The number of thioether (sulfide) groups is 1. The van der Waals surface area contributed by atoms with Gasteiger partial charge < -0.3 is 9.84 Å². The van der Waals surface area contributed by atoms with Crippen molar-refractivity contribution in [3.63, 3.8) is 0 Å². The van der Waals surface area contributed by atoms with Crippen molar-refractivity contribution in [2.45, 2.75) is 18.0 Å². The summed E-state index contributed by atoms with van der Waals surface area (Å²) < 4.78 is 18.6. The van der Waals surface area contributed by atoms with Gasteiger partial charge in [0.2, 0.25) is 11.8 Å². The topological polar surface area (TPSA) is 95.9 Å². The van der Waals surface area contributed by atoms with Crippen molar-refractivity contribution >= 4 is 35.2 Å². The first-order chi connectivity index (χ1) is 15.3. The largest absolute Gasteiger partial charge is 0.508 e. The number of amides is 2. The molecule has 0 aromatic heterocycles. The predicted molar refractivity (Wildman–Crippen MR) is 118 cm³/mol. The fraction of sp³-hybridized carbons (Fsp3) is 0.348. The van der Waals surface area contributed by atoms with E-state index in [2.05, 4.69) is 5.32 Å². The first kappa shape index (κ1) is 22.3. The summed E-state index contributed by atoms with van der Waals surface area (Å²) in [7, 11) is 1.26. The van der Waals surface area contributed by atoms with Gasteiger partial charge in [-0.15, -0.1) is 0 Å². The molecule has 2 aromatic carbocycles. The Morgan fingerprint density at radius 1 is 1.16 bits per heavy atom. The van der Waals surface area contributed by atoms with Crippen molar-refractivity contribution in [3.8, 4) is 5.75 Å². The van der Waals surface area contributed by atoms with Gasteiger partial charge >= 0.3 is 5.97 Å². The van der Waals surface area contributed by atoms with Crippen molar-refractivity contribution in [1.82, 2.24) is 5.32 Å². The number of hydrogen-bond donors (Lipinski definition) is 2. The van der Waals surface area contributed by atoms with Gasteiger partial charge in [0.25, 0.3) is 0 Å². The van der Waals surface area contributed by atoms with Gasteiger partial charge in [0.05, 0.1) is 24.6 Å². The van der Waals surface area contributed by atoms with Crippen LogP contribution in [0.5, 0.6) is 5.75 Å². The van der Waals surface area contributed by atoms with E-state index in [1.165, 1.54) is 55.3 Å². The lowest BCUT2D eigenvalue weighted by molar-refractivity contribution is -0.152. The van der Waals surface area contributed by atoms with Crippen LogP contribution in [0.1, 0.15) is 18.0 Å². The molecule has 2 aliphatic heterocycles. The lowest BCUT2D eigenvalue weighted by Crippen LogP contribution is -2.56. The summed E-state index contributed by atoms with van der Waals surface area (Å²) in [4.78, 5) is 41.3. The van der Waals surface area contributed by atoms with E-state index in [4.69, 9.17) is 4.74 Å². The molecule has 2 saturated heterocycles. The maximum atomic E-state index is 13.6. The average Bonchev–Trinajstić information content (AvgIpc) is 3.27. The molecule has 9 heteroatoms. The van der Waals surface area contributed by atoms with Crippen LogP contribution in [0.15, 0.2) is 48.5 Å². The van der Waals surface area contributed by atoms with Gasteiger partial charge in [-0.2, -0.15) is 11.8 Å². The summed E-state index contributed by atoms with van der Waals surface area (Å²) in [6.45, 7) is 0. The summed E-state index contributed by atoms with van der Waals surface area (Å²) >= 11 is 1.52. The number of hydrogen-bond acceptors (Lipinski definition) is 7. The van der Waals surface area contributed by atoms with Crippen LogP contribution in [0.2, 0.25) is 0 Å². The van der Waals surface area contributed by atoms with Gasteiger partial charge in [-0.05, 0) is 60.4 Å². The van der Waals surface area contributed by atoms with Crippen molar-refractivity contribution in [1.29, 1.82) is 0 Å².